The van der Waals surface area contributed by atoms with Crippen LogP contribution < -0.4 is 11.3 Å². The highest BCUT2D eigenvalue weighted by molar-refractivity contribution is 5.98. The highest BCUT2D eigenvalue weighted by Crippen LogP contribution is 2.27. The Bertz CT molecular complexity index is 622. The number of furan rings is 1. The molecule has 1 heterocycles. The number of nitrogen functional groups attached to an aromatic ring is 1. The summed E-state index contributed by atoms with van der Waals surface area (Å²) in [5.74, 6) is 5.01. The van der Waals surface area contributed by atoms with E-state index in [1.807, 2.05) is 38.1 Å². The zero-order valence-corrected chi connectivity index (χ0v) is 12.3. The quantitative estimate of drug-likeness (QED) is 0.423. The first-order valence-corrected chi connectivity index (χ1v) is 6.94. The first kappa shape index (κ1) is 15.5. The molecule has 1 amide bonds. The fraction of sp³-hybridized carbons (Fsp3) is 0.400. The number of amides is 1. The number of aliphatic hydroxyl groups excluding tert-OH is 1. The second kappa shape index (κ2) is 6.71. The summed E-state index contributed by atoms with van der Waals surface area (Å²) >= 11 is 0. The summed E-state index contributed by atoms with van der Waals surface area (Å²) in [4.78, 5) is 14.0. The molecule has 21 heavy (non-hydrogen) atoms. The molecule has 0 radical (unpaired) electrons. The van der Waals surface area contributed by atoms with Crippen LogP contribution in [0.3, 0.4) is 0 Å². The number of carbonyl (C=O) groups is 1. The number of nitrogens with zero attached hydrogens (tertiary/aromatic N) is 1. The van der Waals surface area contributed by atoms with Gasteiger partial charge in [-0.1, -0.05) is 18.2 Å². The van der Waals surface area contributed by atoms with Gasteiger partial charge in [-0.3, -0.25) is 15.1 Å². The summed E-state index contributed by atoms with van der Waals surface area (Å²) < 4.78 is 5.63. The Balaban J connectivity index is 2.46. The van der Waals surface area contributed by atoms with Crippen molar-refractivity contribution in [3.8, 4) is 0 Å². The molecule has 1 aromatic carbocycles. The number of nitrogens with two attached hydrogens (primary N) is 1. The summed E-state index contributed by atoms with van der Waals surface area (Å²) in [6.07, 6.45) is 0. The van der Waals surface area contributed by atoms with Crippen molar-refractivity contribution in [1.29, 1.82) is 0 Å². The number of carbonyl (C=O) groups excluding carboxylic acids is 1. The molecule has 1 aromatic heterocycles. The van der Waals surface area contributed by atoms with E-state index < -0.39 is 5.91 Å². The van der Waals surface area contributed by atoms with Gasteiger partial charge in [-0.15, -0.1) is 0 Å². The monoisotopic (exact) mass is 291 g/mol. The molecule has 6 heteroatoms. The van der Waals surface area contributed by atoms with Crippen LogP contribution in [-0.4, -0.2) is 35.1 Å². The number of fused-ring (bicyclic) bond motifs is 1. The lowest BCUT2D eigenvalue weighted by Gasteiger charge is -2.25. The highest BCUT2D eigenvalue weighted by atomic mass is 16.3. The van der Waals surface area contributed by atoms with Crippen molar-refractivity contribution >= 4 is 16.9 Å². The highest BCUT2D eigenvalue weighted by Gasteiger charge is 2.22. The molecule has 0 saturated carbocycles. The Morgan fingerprint density at radius 2 is 2.14 bits per heavy atom. The molecule has 2 rings (SSSR count). The SMILES string of the molecule is CC(C)N(CCO)Cc1c(C(=O)NN)oc2ccccc12. The maximum Gasteiger partial charge on any atom is 0.301 e. The molecule has 0 saturated heterocycles. The topological polar surface area (TPSA) is 91.7 Å². The van der Waals surface area contributed by atoms with Gasteiger partial charge in [0, 0.05) is 30.1 Å². The lowest BCUT2D eigenvalue weighted by atomic mass is 10.1. The minimum atomic E-state index is -0.450. The van der Waals surface area contributed by atoms with E-state index >= 15 is 0 Å². The van der Waals surface area contributed by atoms with Crippen LogP contribution in [0.4, 0.5) is 0 Å². The van der Waals surface area contributed by atoms with Crippen molar-refractivity contribution in [1.82, 2.24) is 10.3 Å². The normalized spacial score (nSPS) is 11.5. The van der Waals surface area contributed by atoms with Gasteiger partial charge in [-0.2, -0.15) is 0 Å². The van der Waals surface area contributed by atoms with Gasteiger partial charge in [0.1, 0.15) is 5.58 Å². The average Bonchev–Trinajstić information content (AvgIpc) is 2.84. The predicted octanol–water partition coefficient (Wildman–Crippen LogP) is 1.24. The molecule has 4 N–H and O–H groups in total. The summed E-state index contributed by atoms with van der Waals surface area (Å²) in [7, 11) is 0. The molecule has 0 aliphatic carbocycles. The summed E-state index contributed by atoms with van der Waals surface area (Å²) in [6, 6.07) is 7.72. The molecular weight excluding hydrogens is 270 g/mol. The van der Waals surface area contributed by atoms with E-state index in [0.717, 1.165) is 10.9 Å². The van der Waals surface area contributed by atoms with Crippen molar-refractivity contribution in [2.24, 2.45) is 5.84 Å². The molecule has 0 bridgehead atoms. The number of nitrogens with one attached hydrogen (secondary N) is 1. The first-order chi connectivity index (χ1) is 10.1. The van der Waals surface area contributed by atoms with Gasteiger partial charge in [-0.05, 0) is 19.9 Å². The maximum atomic E-state index is 11.9. The van der Waals surface area contributed by atoms with Crippen molar-refractivity contribution < 1.29 is 14.3 Å². The molecule has 0 spiro atoms. The van der Waals surface area contributed by atoms with Crippen molar-refractivity contribution in [3.05, 3.63) is 35.6 Å². The van der Waals surface area contributed by atoms with E-state index in [-0.39, 0.29) is 18.4 Å². The van der Waals surface area contributed by atoms with Gasteiger partial charge in [0.25, 0.3) is 0 Å². The van der Waals surface area contributed by atoms with E-state index in [9.17, 15) is 9.90 Å². The lowest BCUT2D eigenvalue weighted by Crippen LogP contribution is -2.35. The summed E-state index contributed by atoms with van der Waals surface area (Å²) in [5, 5.41) is 10.1. The van der Waals surface area contributed by atoms with Crippen molar-refractivity contribution in [3.63, 3.8) is 0 Å². The van der Waals surface area contributed by atoms with Crippen molar-refractivity contribution in [2.45, 2.75) is 26.4 Å². The van der Waals surface area contributed by atoms with Crippen LogP contribution in [0.25, 0.3) is 11.0 Å². The lowest BCUT2D eigenvalue weighted by molar-refractivity contribution is 0.0923. The second-order valence-electron chi connectivity index (χ2n) is 5.17. The largest absolute Gasteiger partial charge is 0.451 e. The summed E-state index contributed by atoms with van der Waals surface area (Å²) in [6.45, 7) is 5.19. The zero-order valence-electron chi connectivity index (χ0n) is 12.3. The van der Waals surface area contributed by atoms with E-state index in [1.54, 1.807) is 0 Å². The Morgan fingerprint density at radius 1 is 1.43 bits per heavy atom. The average molecular weight is 291 g/mol. The smallest absolute Gasteiger partial charge is 0.301 e. The number of hydrogen-bond acceptors (Lipinski definition) is 5. The zero-order chi connectivity index (χ0) is 15.4. The van der Waals surface area contributed by atoms with Crippen molar-refractivity contribution in [2.75, 3.05) is 13.2 Å². The van der Waals surface area contributed by atoms with Crippen LogP contribution >= 0.6 is 0 Å². The van der Waals surface area contributed by atoms with Gasteiger partial charge < -0.3 is 9.52 Å². The third-order valence-electron chi connectivity index (χ3n) is 3.51. The van der Waals surface area contributed by atoms with Crippen LogP contribution in [0.2, 0.25) is 0 Å². The Labute approximate surface area is 123 Å². The molecule has 0 fully saturated rings. The number of para-hydroxylation sites is 1. The number of hydrazine groups is 1. The standard InChI is InChI=1S/C15H21N3O3/c1-10(2)18(7-8-19)9-12-11-5-3-4-6-13(11)21-14(12)15(20)17-16/h3-6,10,19H,7-9,16H2,1-2H3,(H,17,20). The van der Waals surface area contributed by atoms with E-state index in [2.05, 4.69) is 10.3 Å². The number of aliphatic hydroxyl groups is 1. The van der Waals surface area contributed by atoms with Gasteiger partial charge in [0.15, 0.2) is 5.76 Å². The first-order valence-electron chi connectivity index (χ1n) is 6.94. The third kappa shape index (κ3) is 3.24. The van der Waals surface area contributed by atoms with E-state index in [0.29, 0.717) is 18.7 Å². The van der Waals surface area contributed by atoms with Gasteiger partial charge >= 0.3 is 5.91 Å². The minimum Gasteiger partial charge on any atom is -0.451 e. The van der Waals surface area contributed by atoms with Crippen LogP contribution in [0.5, 0.6) is 0 Å². The molecule has 0 aliphatic rings. The number of hydrogen-bond donors (Lipinski definition) is 3. The number of rotatable bonds is 6. The third-order valence-corrected chi connectivity index (χ3v) is 3.51. The van der Waals surface area contributed by atoms with Crippen LogP contribution in [-0.2, 0) is 6.54 Å². The van der Waals surface area contributed by atoms with Crippen LogP contribution in [0.1, 0.15) is 30.0 Å². The van der Waals surface area contributed by atoms with E-state index in [1.165, 1.54) is 0 Å². The molecular formula is C15H21N3O3. The van der Waals surface area contributed by atoms with Gasteiger partial charge in [-0.25, -0.2) is 5.84 Å². The van der Waals surface area contributed by atoms with Gasteiger partial charge in [0.2, 0.25) is 0 Å². The van der Waals surface area contributed by atoms with Crippen LogP contribution in [0, 0.1) is 0 Å². The van der Waals surface area contributed by atoms with Gasteiger partial charge in [0.05, 0.1) is 6.61 Å². The molecule has 2 aromatic rings. The molecule has 0 unspecified atom stereocenters. The summed E-state index contributed by atoms with van der Waals surface area (Å²) in [5.41, 5.74) is 3.56. The predicted molar refractivity (Wildman–Crippen MR) is 80.5 cm³/mol. The molecule has 6 nitrogen and oxygen atoms in total. The minimum absolute atomic E-state index is 0.0619. The fourth-order valence-corrected chi connectivity index (χ4v) is 2.36. The molecule has 0 atom stereocenters. The Hall–Kier alpha value is -1.89. The van der Waals surface area contributed by atoms with E-state index in [4.69, 9.17) is 10.3 Å². The van der Waals surface area contributed by atoms with Crippen LogP contribution in [0.15, 0.2) is 28.7 Å². The fourth-order valence-electron chi connectivity index (χ4n) is 2.36. The Kier molecular flexibility index (Phi) is 4.95. The molecule has 114 valence electrons. The second-order valence-corrected chi connectivity index (χ2v) is 5.17. The molecule has 0 aliphatic heterocycles. The Morgan fingerprint density at radius 3 is 2.76 bits per heavy atom. The maximum absolute atomic E-state index is 11.9. The number of benzene rings is 1.